The molecule has 8 heteroatoms. The first-order valence-corrected chi connectivity index (χ1v) is 15.5. The lowest BCUT2D eigenvalue weighted by molar-refractivity contribution is -0.138. The summed E-state index contributed by atoms with van der Waals surface area (Å²) in [6.45, 7) is 1.53. The van der Waals surface area contributed by atoms with Crippen molar-refractivity contribution in [2.24, 2.45) is 5.92 Å². The maximum absolute atomic E-state index is 13.4. The predicted octanol–water partition coefficient (Wildman–Crippen LogP) is 9.23. The number of para-hydroxylation sites is 1. The minimum atomic E-state index is -4.43. The molecule has 1 saturated heterocycles. The number of amides is 1. The molecule has 1 aliphatic heterocycles. The monoisotopic (exact) mass is 634 g/mol. The number of carbonyl (C=O) groups is 2. The number of halogens is 3. The van der Waals surface area contributed by atoms with Gasteiger partial charge in [-0.25, -0.2) is 0 Å². The average Bonchev–Trinajstić information content (AvgIpc) is 3.10. The molecule has 47 heavy (non-hydrogen) atoms. The van der Waals surface area contributed by atoms with E-state index in [1.54, 1.807) is 36.4 Å². The summed E-state index contributed by atoms with van der Waals surface area (Å²) in [5, 5.41) is 2.92. The van der Waals surface area contributed by atoms with Gasteiger partial charge in [-0.2, -0.15) is 13.2 Å². The molecule has 238 valence electrons. The van der Waals surface area contributed by atoms with Crippen LogP contribution in [-0.4, -0.2) is 25.0 Å². The van der Waals surface area contributed by atoms with Crippen LogP contribution in [0.1, 0.15) is 40.2 Å². The lowest BCUT2D eigenvalue weighted by Crippen LogP contribution is -2.38. The lowest BCUT2D eigenvalue weighted by Gasteiger charge is -2.36. The molecule has 5 nitrogen and oxygen atoms in total. The molecule has 1 amide bonds. The minimum Gasteiger partial charge on any atom is -0.426 e. The van der Waals surface area contributed by atoms with Crippen molar-refractivity contribution in [2.75, 3.05) is 23.3 Å². The van der Waals surface area contributed by atoms with Gasteiger partial charge in [-0.3, -0.25) is 9.59 Å². The molecule has 1 N–H and O–H groups in total. The van der Waals surface area contributed by atoms with Gasteiger partial charge < -0.3 is 15.0 Å². The molecule has 0 aromatic heterocycles. The molecular weight excluding hydrogens is 601 g/mol. The third kappa shape index (κ3) is 7.55. The van der Waals surface area contributed by atoms with Crippen LogP contribution >= 0.6 is 0 Å². The molecular formula is C39H33F3N2O3. The number of esters is 1. The minimum absolute atomic E-state index is 0.119. The maximum atomic E-state index is 13.4. The largest absolute Gasteiger partial charge is 0.426 e. The van der Waals surface area contributed by atoms with Crippen molar-refractivity contribution in [1.82, 2.24) is 0 Å². The van der Waals surface area contributed by atoms with Crippen molar-refractivity contribution in [3.63, 3.8) is 0 Å². The second-order valence-corrected chi connectivity index (χ2v) is 11.6. The Kier molecular flexibility index (Phi) is 9.38. The molecule has 0 radical (unpaired) electrons. The molecule has 1 heterocycles. The number of hydrogen-bond donors (Lipinski definition) is 1. The van der Waals surface area contributed by atoms with E-state index in [9.17, 15) is 22.8 Å². The first-order chi connectivity index (χ1) is 22.8. The molecule has 1 fully saturated rings. The predicted molar refractivity (Wildman–Crippen MR) is 177 cm³/mol. The second-order valence-electron chi connectivity index (χ2n) is 11.6. The van der Waals surface area contributed by atoms with E-state index in [2.05, 4.69) is 10.2 Å². The Morgan fingerprint density at radius 3 is 1.96 bits per heavy atom. The van der Waals surface area contributed by atoms with E-state index in [1.807, 2.05) is 72.8 Å². The first kappa shape index (κ1) is 31.6. The number of piperidine rings is 1. The standard InChI is InChI=1S/C39H33F3N2O3/c40-39(41,42)30-17-15-27(16-18-30)34-13-7-8-14-35(34)37(45)43-31-19-21-32(22-20-31)44-25-23-29(24-26-44)36(28-9-3-1-4-10-28)38(46)47-33-11-5-2-6-12-33/h1-22,29,36H,23-26H2,(H,43,45). The fourth-order valence-electron chi connectivity index (χ4n) is 6.15. The van der Waals surface area contributed by atoms with Crippen LogP contribution in [0.15, 0.2) is 133 Å². The summed E-state index contributed by atoms with van der Waals surface area (Å²) in [6.07, 6.45) is -2.82. The third-order valence-electron chi connectivity index (χ3n) is 8.57. The van der Waals surface area contributed by atoms with Gasteiger partial charge in [0.2, 0.25) is 0 Å². The van der Waals surface area contributed by atoms with Gasteiger partial charge in [0, 0.05) is 30.0 Å². The van der Waals surface area contributed by atoms with Crippen molar-refractivity contribution in [3.05, 3.63) is 150 Å². The summed E-state index contributed by atoms with van der Waals surface area (Å²) in [5.41, 5.74) is 3.24. The Morgan fingerprint density at radius 1 is 0.723 bits per heavy atom. The van der Waals surface area contributed by atoms with Gasteiger partial charge in [0.15, 0.2) is 0 Å². The number of alkyl halides is 3. The highest BCUT2D eigenvalue weighted by Crippen LogP contribution is 2.36. The van der Waals surface area contributed by atoms with Crippen LogP contribution in [0.5, 0.6) is 5.75 Å². The normalized spacial score (nSPS) is 14.3. The van der Waals surface area contributed by atoms with Crippen LogP contribution < -0.4 is 15.0 Å². The average molecular weight is 635 g/mol. The van der Waals surface area contributed by atoms with Gasteiger partial charge in [0.25, 0.3) is 5.91 Å². The number of carbonyl (C=O) groups excluding carboxylic acids is 2. The molecule has 0 aliphatic carbocycles. The van der Waals surface area contributed by atoms with E-state index in [1.165, 1.54) is 12.1 Å². The number of nitrogens with one attached hydrogen (secondary N) is 1. The number of nitrogens with zero attached hydrogens (tertiary/aromatic N) is 1. The van der Waals surface area contributed by atoms with Crippen molar-refractivity contribution in [3.8, 4) is 16.9 Å². The second kappa shape index (κ2) is 14.0. The Morgan fingerprint density at radius 2 is 1.32 bits per heavy atom. The number of anilines is 2. The summed E-state index contributed by atoms with van der Waals surface area (Å²) in [4.78, 5) is 29.0. The van der Waals surface area contributed by atoms with Crippen LogP contribution in [0.3, 0.4) is 0 Å². The molecule has 5 aromatic carbocycles. The first-order valence-electron chi connectivity index (χ1n) is 15.5. The van der Waals surface area contributed by atoms with Crippen LogP contribution in [-0.2, 0) is 11.0 Å². The highest BCUT2D eigenvalue weighted by molar-refractivity contribution is 6.08. The molecule has 0 bridgehead atoms. The molecule has 1 atom stereocenters. The Labute approximate surface area is 271 Å². The van der Waals surface area contributed by atoms with Gasteiger partial charge in [0.1, 0.15) is 5.75 Å². The Bertz CT molecular complexity index is 1800. The number of rotatable bonds is 8. The van der Waals surface area contributed by atoms with Gasteiger partial charge in [0.05, 0.1) is 11.5 Å². The van der Waals surface area contributed by atoms with E-state index in [0.29, 0.717) is 28.1 Å². The van der Waals surface area contributed by atoms with Gasteiger partial charge in [-0.05, 0) is 90.0 Å². The Hall–Kier alpha value is -5.37. The van der Waals surface area contributed by atoms with Gasteiger partial charge in [-0.15, -0.1) is 0 Å². The SMILES string of the molecule is O=C(Nc1ccc(N2CCC(C(C(=O)Oc3ccccc3)c3ccccc3)CC2)cc1)c1ccccc1-c1ccc(C(F)(F)F)cc1. The van der Waals surface area contributed by atoms with Crippen LogP contribution in [0.4, 0.5) is 24.5 Å². The van der Waals surface area contributed by atoms with Gasteiger partial charge >= 0.3 is 12.1 Å². The molecule has 5 aromatic rings. The van der Waals surface area contributed by atoms with Crippen molar-refractivity contribution in [1.29, 1.82) is 0 Å². The van der Waals surface area contributed by atoms with Crippen LogP contribution in [0.2, 0.25) is 0 Å². The summed E-state index contributed by atoms with van der Waals surface area (Å²) in [6, 6.07) is 38.1. The summed E-state index contributed by atoms with van der Waals surface area (Å²) in [5.74, 6) is -0.329. The van der Waals surface area contributed by atoms with E-state index < -0.39 is 11.7 Å². The fourth-order valence-corrected chi connectivity index (χ4v) is 6.15. The van der Waals surface area contributed by atoms with E-state index in [4.69, 9.17) is 4.74 Å². The molecule has 6 rings (SSSR count). The zero-order valence-electron chi connectivity index (χ0n) is 25.5. The van der Waals surface area contributed by atoms with Crippen molar-refractivity contribution < 1.29 is 27.5 Å². The number of benzene rings is 5. The highest BCUT2D eigenvalue weighted by Gasteiger charge is 2.34. The van der Waals surface area contributed by atoms with E-state index in [-0.39, 0.29) is 23.7 Å². The van der Waals surface area contributed by atoms with E-state index >= 15 is 0 Å². The molecule has 1 unspecified atom stereocenters. The van der Waals surface area contributed by atoms with Crippen LogP contribution in [0, 0.1) is 5.92 Å². The topological polar surface area (TPSA) is 58.6 Å². The van der Waals surface area contributed by atoms with E-state index in [0.717, 1.165) is 49.3 Å². The summed E-state index contributed by atoms with van der Waals surface area (Å²) < 4.78 is 44.9. The highest BCUT2D eigenvalue weighted by atomic mass is 19.4. The van der Waals surface area contributed by atoms with Crippen molar-refractivity contribution >= 4 is 23.3 Å². The maximum Gasteiger partial charge on any atom is 0.416 e. The van der Waals surface area contributed by atoms with Gasteiger partial charge in [-0.1, -0.05) is 78.9 Å². The summed E-state index contributed by atoms with van der Waals surface area (Å²) >= 11 is 0. The zero-order valence-corrected chi connectivity index (χ0v) is 25.5. The quantitative estimate of drug-likeness (QED) is 0.137. The fraction of sp³-hybridized carbons (Fsp3) is 0.179. The smallest absolute Gasteiger partial charge is 0.416 e. The summed E-state index contributed by atoms with van der Waals surface area (Å²) in [7, 11) is 0. The zero-order chi connectivity index (χ0) is 32.8. The third-order valence-corrected chi connectivity index (χ3v) is 8.57. The lowest BCUT2D eigenvalue weighted by atomic mass is 9.80. The Balaban J connectivity index is 1.10. The number of ether oxygens (including phenoxy) is 1. The molecule has 1 aliphatic rings. The molecule has 0 spiro atoms. The van der Waals surface area contributed by atoms with Crippen LogP contribution in [0.25, 0.3) is 11.1 Å². The molecule has 0 saturated carbocycles. The number of hydrogen-bond acceptors (Lipinski definition) is 4. The van der Waals surface area contributed by atoms with Crippen molar-refractivity contribution in [2.45, 2.75) is 24.9 Å².